The molecule has 0 heterocycles. The van der Waals surface area contributed by atoms with Crippen molar-refractivity contribution in [2.24, 2.45) is 5.92 Å². The molecule has 0 spiro atoms. The van der Waals surface area contributed by atoms with Gasteiger partial charge in [-0.3, -0.25) is 14.9 Å². The molecule has 7 heteroatoms. The van der Waals surface area contributed by atoms with Gasteiger partial charge in [0.15, 0.2) is 0 Å². The molecule has 2 aromatic rings. The number of amides is 1. The maximum Gasteiger partial charge on any atom is 0.335 e. The van der Waals surface area contributed by atoms with Gasteiger partial charge in [0.1, 0.15) is 0 Å². The van der Waals surface area contributed by atoms with Crippen molar-refractivity contribution in [2.75, 3.05) is 0 Å². The molecule has 26 heavy (non-hydrogen) atoms. The quantitative estimate of drug-likeness (QED) is 0.587. The molecule has 3 rings (SSSR count). The molecule has 0 saturated heterocycles. The molecular formula is C19H18N2O5. The predicted molar refractivity (Wildman–Crippen MR) is 94.2 cm³/mol. The second-order valence-electron chi connectivity index (χ2n) is 6.44. The van der Waals surface area contributed by atoms with Crippen LogP contribution < -0.4 is 5.32 Å². The van der Waals surface area contributed by atoms with E-state index in [4.69, 9.17) is 5.11 Å². The van der Waals surface area contributed by atoms with Gasteiger partial charge in [0.2, 0.25) is 0 Å². The number of non-ortho nitro benzene ring substituents is 1. The number of nitro benzene ring substituents is 1. The van der Waals surface area contributed by atoms with Crippen LogP contribution in [0.1, 0.15) is 39.1 Å². The van der Waals surface area contributed by atoms with E-state index in [2.05, 4.69) is 5.32 Å². The van der Waals surface area contributed by atoms with Gasteiger partial charge >= 0.3 is 5.97 Å². The third kappa shape index (κ3) is 4.24. The van der Waals surface area contributed by atoms with E-state index in [1.807, 2.05) is 30.3 Å². The smallest absolute Gasteiger partial charge is 0.335 e. The summed E-state index contributed by atoms with van der Waals surface area (Å²) < 4.78 is 0. The summed E-state index contributed by atoms with van der Waals surface area (Å²) in [6.45, 7) is 0. The minimum absolute atomic E-state index is 0.0182. The van der Waals surface area contributed by atoms with E-state index in [-0.39, 0.29) is 17.2 Å². The van der Waals surface area contributed by atoms with E-state index < -0.39 is 22.5 Å². The molecule has 1 aliphatic carbocycles. The zero-order valence-corrected chi connectivity index (χ0v) is 13.9. The van der Waals surface area contributed by atoms with E-state index >= 15 is 0 Å². The number of carboxylic acid groups (broad SMARTS) is 1. The van der Waals surface area contributed by atoms with Gasteiger partial charge in [0.25, 0.3) is 11.6 Å². The lowest BCUT2D eigenvalue weighted by atomic mass is 10.0. The van der Waals surface area contributed by atoms with Gasteiger partial charge in [0, 0.05) is 23.7 Å². The van der Waals surface area contributed by atoms with Gasteiger partial charge in [0.05, 0.1) is 10.5 Å². The summed E-state index contributed by atoms with van der Waals surface area (Å²) in [6.07, 6.45) is 2.71. The predicted octanol–water partition coefficient (Wildman–Crippen LogP) is 3.04. The van der Waals surface area contributed by atoms with E-state index in [0.717, 1.165) is 36.6 Å². The van der Waals surface area contributed by atoms with Crippen LogP contribution in [-0.4, -0.2) is 27.9 Å². The fourth-order valence-electron chi connectivity index (χ4n) is 2.93. The van der Waals surface area contributed by atoms with Gasteiger partial charge < -0.3 is 10.4 Å². The molecule has 0 radical (unpaired) electrons. The molecule has 0 aliphatic heterocycles. The number of carbonyl (C=O) groups excluding carboxylic acids is 1. The van der Waals surface area contributed by atoms with Gasteiger partial charge in [-0.25, -0.2) is 4.79 Å². The Balaban J connectivity index is 1.81. The zero-order valence-electron chi connectivity index (χ0n) is 13.9. The molecule has 1 unspecified atom stereocenters. The highest BCUT2D eigenvalue weighted by atomic mass is 16.6. The molecule has 134 valence electrons. The van der Waals surface area contributed by atoms with Crippen LogP contribution >= 0.6 is 0 Å². The molecule has 1 fully saturated rings. The number of aromatic carboxylic acids is 1. The number of hydrogen-bond donors (Lipinski definition) is 2. The lowest BCUT2D eigenvalue weighted by molar-refractivity contribution is -0.384. The Morgan fingerprint density at radius 3 is 2.38 bits per heavy atom. The molecular weight excluding hydrogens is 336 g/mol. The molecule has 1 atom stereocenters. The second kappa shape index (κ2) is 7.35. The molecule has 0 bridgehead atoms. The molecule has 7 nitrogen and oxygen atoms in total. The summed E-state index contributed by atoms with van der Waals surface area (Å²) in [6, 6.07) is 12.9. The van der Waals surface area contributed by atoms with E-state index in [1.54, 1.807) is 0 Å². The molecule has 1 saturated carbocycles. The summed E-state index contributed by atoms with van der Waals surface area (Å²) >= 11 is 0. The SMILES string of the molecule is O=C(O)c1cc(C(=O)NC(Cc2ccccc2)C2CC2)cc([N+](=O)[O-])c1. The minimum Gasteiger partial charge on any atom is -0.478 e. The Bertz CT molecular complexity index is 814. The number of nitro groups is 1. The number of carboxylic acids is 1. The van der Waals surface area contributed by atoms with Crippen molar-refractivity contribution in [2.45, 2.75) is 25.3 Å². The summed E-state index contributed by atoms with van der Waals surface area (Å²) in [4.78, 5) is 34.1. The van der Waals surface area contributed by atoms with Crippen LogP contribution in [0.3, 0.4) is 0 Å². The topological polar surface area (TPSA) is 110 Å². The van der Waals surface area contributed by atoms with Crippen LogP contribution in [0.15, 0.2) is 48.5 Å². The van der Waals surface area contributed by atoms with Gasteiger partial charge in [-0.15, -0.1) is 0 Å². The Morgan fingerprint density at radius 2 is 1.81 bits per heavy atom. The Labute approximate surface area is 149 Å². The van der Waals surface area contributed by atoms with Crippen LogP contribution in [-0.2, 0) is 6.42 Å². The van der Waals surface area contributed by atoms with Gasteiger partial charge in [-0.05, 0) is 36.8 Å². The van der Waals surface area contributed by atoms with Crippen LogP contribution in [0, 0.1) is 16.0 Å². The van der Waals surface area contributed by atoms with E-state index in [1.165, 1.54) is 0 Å². The first-order valence-electron chi connectivity index (χ1n) is 8.31. The lowest BCUT2D eigenvalue weighted by Gasteiger charge is -2.18. The summed E-state index contributed by atoms with van der Waals surface area (Å²) in [5, 5.41) is 23.1. The van der Waals surface area contributed by atoms with Crippen molar-refractivity contribution in [3.63, 3.8) is 0 Å². The van der Waals surface area contributed by atoms with Crippen molar-refractivity contribution < 1.29 is 19.6 Å². The molecule has 1 amide bonds. The third-order valence-corrected chi connectivity index (χ3v) is 4.44. The molecule has 2 aromatic carbocycles. The van der Waals surface area contributed by atoms with Crippen LogP contribution in [0.2, 0.25) is 0 Å². The molecule has 0 aromatic heterocycles. The highest BCUT2D eigenvalue weighted by molar-refractivity contribution is 5.98. The second-order valence-corrected chi connectivity index (χ2v) is 6.44. The number of nitrogens with one attached hydrogen (secondary N) is 1. The Morgan fingerprint density at radius 1 is 1.15 bits per heavy atom. The zero-order chi connectivity index (χ0) is 18.7. The third-order valence-electron chi connectivity index (χ3n) is 4.44. The fourth-order valence-corrected chi connectivity index (χ4v) is 2.93. The fraction of sp³-hybridized carbons (Fsp3) is 0.263. The van der Waals surface area contributed by atoms with Gasteiger partial charge in [-0.1, -0.05) is 30.3 Å². The van der Waals surface area contributed by atoms with Crippen molar-refractivity contribution in [1.82, 2.24) is 5.32 Å². The number of nitrogens with zero attached hydrogens (tertiary/aromatic N) is 1. The Kier molecular flexibility index (Phi) is 4.97. The van der Waals surface area contributed by atoms with Crippen LogP contribution in [0.5, 0.6) is 0 Å². The normalized spacial score (nSPS) is 14.5. The van der Waals surface area contributed by atoms with Crippen molar-refractivity contribution in [1.29, 1.82) is 0 Å². The Hall–Kier alpha value is -3.22. The number of carbonyl (C=O) groups is 2. The monoisotopic (exact) mass is 354 g/mol. The number of benzene rings is 2. The highest BCUT2D eigenvalue weighted by Gasteiger charge is 2.32. The summed E-state index contributed by atoms with van der Waals surface area (Å²) in [5.74, 6) is -1.44. The molecule has 1 aliphatic rings. The number of rotatable bonds is 7. The standard InChI is InChI=1S/C19H18N2O5/c22-18(14-9-15(19(23)24)11-16(10-14)21(25)26)20-17(13-6-7-13)8-12-4-2-1-3-5-12/h1-5,9-11,13,17H,6-8H2,(H,20,22)(H,23,24). The van der Waals surface area contributed by atoms with Crippen molar-refractivity contribution >= 4 is 17.6 Å². The highest BCUT2D eigenvalue weighted by Crippen LogP contribution is 2.34. The van der Waals surface area contributed by atoms with E-state index in [0.29, 0.717) is 12.3 Å². The summed E-state index contributed by atoms with van der Waals surface area (Å²) in [7, 11) is 0. The average molecular weight is 354 g/mol. The maximum absolute atomic E-state index is 12.6. The largest absolute Gasteiger partial charge is 0.478 e. The molecule has 2 N–H and O–H groups in total. The van der Waals surface area contributed by atoms with E-state index in [9.17, 15) is 19.7 Å². The number of hydrogen-bond acceptors (Lipinski definition) is 4. The maximum atomic E-state index is 12.6. The van der Waals surface area contributed by atoms with Crippen molar-refractivity contribution in [3.05, 3.63) is 75.3 Å². The van der Waals surface area contributed by atoms with Crippen LogP contribution in [0.25, 0.3) is 0 Å². The van der Waals surface area contributed by atoms with Gasteiger partial charge in [-0.2, -0.15) is 0 Å². The average Bonchev–Trinajstić information content (AvgIpc) is 3.46. The first kappa shape index (κ1) is 17.6. The lowest BCUT2D eigenvalue weighted by Crippen LogP contribution is -2.38. The van der Waals surface area contributed by atoms with Crippen molar-refractivity contribution in [3.8, 4) is 0 Å². The van der Waals surface area contributed by atoms with Crippen LogP contribution in [0.4, 0.5) is 5.69 Å². The first-order valence-corrected chi connectivity index (χ1v) is 8.31. The minimum atomic E-state index is -1.31. The summed E-state index contributed by atoms with van der Waals surface area (Å²) in [5.41, 5.74) is 0.377. The first-order chi connectivity index (χ1) is 12.4.